The molecule has 0 bridgehead atoms. The fourth-order valence-corrected chi connectivity index (χ4v) is 2.52. The molecule has 6 heteroatoms. The van der Waals surface area contributed by atoms with Crippen LogP contribution in [0.25, 0.3) is 27.9 Å². The summed E-state index contributed by atoms with van der Waals surface area (Å²) in [6.07, 6.45) is 2.85. The first-order valence-electron chi connectivity index (χ1n) is 6.74. The molecule has 1 aromatic carbocycles. The Kier molecular flexibility index (Phi) is 2.62. The second-order valence-electron chi connectivity index (χ2n) is 4.92. The van der Waals surface area contributed by atoms with Crippen molar-refractivity contribution >= 4 is 22.6 Å². The van der Waals surface area contributed by atoms with E-state index in [4.69, 9.17) is 10.5 Å². The number of benzene rings is 1. The van der Waals surface area contributed by atoms with Crippen LogP contribution in [0.5, 0.6) is 5.75 Å². The Morgan fingerprint density at radius 2 is 2.09 bits per heavy atom. The van der Waals surface area contributed by atoms with E-state index in [9.17, 15) is 4.79 Å². The molecule has 0 spiro atoms. The highest BCUT2D eigenvalue weighted by molar-refractivity contribution is 5.85. The van der Waals surface area contributed by atoms with Crippen molar-refractivity contribution < 1.29 is 9.53 Å². The molecule has 0 unspecified atom stereocenters. The smallest absolute Gasteiger partial charge is 0.406 e. The van der Waals surface area contributed by atoms with Gasteiger partial charge >= 0.3 is 6.09 Å². The van der Waals surface area contributed by atoms with E-state index in [-0.39, 0.29) is 0 Å². The van der Waals surface area contributed by atoms with Crippen molar-refractivity contribution in [3.05, 3.63) is 54.9 Å². The molecule has 4 rings (SSSR count). The zero-order valence-corrected chi connectivity index (χ0v) is 11.5. The summed E-state index contributed by atoms with van der Waals surface area (Å²) in [5.74, 6) is 0.331. The minimum atomic E-state index is -0.858. The number of rotatable bonds is 2. The molecule has 4 aromatic rings. The lowest BCUT2D eigenvalue weighted by atomic mass is 10.2. The quantitative estimate of drug-likeness (QED) is 0.595. The van der Waals surface area contributed by atoms with E-state index in [1.54, 1.807) is 16.5 Å². The highest BCUT2D eigenvalue weighted by atomic mass is 16.5. The van der Waals surface area contributed by atoms with Crippen LogP contribution in [0.2, 0.25) is 0 Å². The number of nitrogens with zero attached hydrogens (tertiary/aromatic N) is 2. The van der Waals surface area contributed by atoms with E-state index in [0.717, 1.165) is 22.3 Å². The summed E-state index contributed by atoms with van der Waals surface area (Å²) in [4.78, 5) is 18.8. The Labute approximate surface area is 125 Å². The molecule has 0 aliphatic heterocycles. The Morgan fingerprint density at radius 1 is 1.23 bits per heavy atom. The number of aromatic amines is 1. The number of imidazole rings is 1. The van der Waals surface area contributed by atoms with Gasteiger partial charge in [0.05, 0.1) is 5.69 Å². The number of para-hydroxylation sites is 1. The number of hydrogen-bond acceptors (Lipinski definition) is 3. The molecular formula is C16H12N4O2. The number of aromatic nitrogens is 3. The van der Waals surface area contributed by atoms with Gasteiger partial charge in [0.1, 0.15) is 5.69 Å². The highest BCUT2D eigenvalue weighted by Crippen LogP contribution is 2.26. The van der Waals surface area contributed by atoms with Crippen LogP contribution in [0.3, 0.4) is 0 Å². The van der Waals surface area contributed by atoms with Crippen molar-refractivity contribution in [1.82, 2.24) is 14.4 Å². The number of fused-ring (bicyclic) bond motifs is 2. The number of hydrogen-bond donors (Lipinski definition) is 2. The van der Waals surface area contributed by atoms with Crippen molar-refractivity contribution in [3.8, 4) is 17.1 Å². The van der Waals surface area contributed by atoms with Gasteiger partial charge in [-0.2, -0.15) is 0 Å². The molecule has 0 aliphatic carbocycles. The normalized spacial score (nSPS) is 11.1. The molecule has 108 valence electrons. The van der Waals surface area contributed by atoms with Gasteiger partial charge in [0, 0.05) is 23.3 Å². The Morgan fingerprint density at radius 3 is 2.91 bits per heavy atom. The number of primary amides is 1. The minimum absolute atomic E-state index is 0.331. The molecule has 0 aliphatic rings. The van der Waals surface area contributed by atoms with E-state index in [2.05, 4.69) is 9.97 Å². The van der Waals surface area contributed by atoms with Crippen LogP contribution < -0.4 is 10.5 Å². The number of amides is 1. The monoisotopic (exact) mass is 292 g/mol. The van der Waals surface area contributed by atoms with Crippen LogP contribution in [0.15, 0.2) is 54.9 Å². The lowest BCUT2D eigenvalue weighted by molar-refractivity contribution is 0.211. The first-order valence-corrected chi connectivity index (χ1v) is 6.74. The maximum absolute atomic E-state index is 11.0. The zero-order chi connectivity index (χ0) is 15.1. The molecule has 3 N–H and O–H groups in total. The molecule has 22 heavy (non-hydrogen) atoms. The van der Waals surface area contributed by atoms with Crippen LogP contribution in [0, 0.1) is 0 Å². The van der Waals surface area contributed by atoms with Gasteiger partial charge in [-0.05, 0) is 24.3 Å². The topological polar surface area (TPSA) is 85.4 Å². The van der Waals surface area contributed by atoms with Crippen LogP contribution in [0.1, 0.15) is 0 Å². The largest absolute Gasteiger partial charge is 0.410 e. The van der Waals surface area contributed by atoms with Gasteiger partial charge in [-0.15, -0.1) is 0 Å². The van der Waals surface area contributed by atoms with Gasteiger partial charge < -0.3 is 19.9 Å². The third-order valence-electron chi connectivity index (χ3n) is 3.46. The number of ether oxygens (including phenoxy) is 1. The number of pyridine rings is 1. The Bertz CT molecular complexity index is 967. The minimum Gasteiger partial charge on any atom is -0.406 e. The Balaban J connectivity index is 1.86. The molecule has 6 nitrogen and oxygen atoms in total. The summed E-state index contributed by atoms with van der Waals surface area (Å²) in [5, 5.41) is 1.11. The fourth-order valence-electron chi connectivity index (χ4n) is 2.52. The highest BCUT2D eigenvalue weighted by Gasteiger charge is 2.12. The number of nitrogens with one attached hydrogen (secondary N) is 1. The van der Waals surface area contributed by atoms with Gasteiger partial charge in [-0.3, -0.25) is 0 Å². The number of nitrogens with two attached hydrogens (primary N) is 1. The second-order valence-corrected chi connectivity index (χ2v) is 4.92. The predicted octanol–water partition coefficient (Wildman–Crippen LogP) is 2.94. The summed E-state index contributed by atoms with van der Waals surface area (Å²) in [7, 11) is 0. The average Bonchev–Trinajstić information content (AvgIpc) is 3.10. The Hall–Kier alpha value is -3.28. The standard InChI is InChI=1S/C16H12N4O2/c17-16(21)22-14-6-3-7-20-9-13(19-15(14)20)12-8-10-4-1-2-5-11(10)18-12/h1-9,18H,(H2,17,21). The fraction of sp³-hybridized carbons (Fsp3) is 0. The summed E-state index contributed by atoms with van der Waals surface area (Å²) in [6.45, 7) is 0. The predicted molar refractivity (Wildman–Crippen MR) is 82.7 cm³/mol. The van der Waals surface area contributed by atoms with Gasteiger partial charge in [0.15, 0.2) is 11.4 Å². The molecule has 3 aromatic heterocycles. The third-order valence-corrected chi connectivity index (χ3v) is 3.46. The van der Waals surface area contributed by atoms with Gasteiger partial charge in [0.25, 0.3) is 0 Å². The average molecular weight is 292 g/mol. The summed E-state index contributed by atoms with van der Waals surface area (Å²) >= 11 is 0. The van der Waals surface area contributed by atoms with Crippen molar-refractivity contribution in [2.45, 2.75) is 0 Å². The molecule has 3 heterocycles. The number of carbonyl (C=O) groups is 1. The van der Waals surface area contributed by atoms with Crippen LogP contribution in [-0.2, 0) is 0 Å². The van der Waals surface area contributed by atoms with Crippen LogP contribution in [-0.4, -0.2) is 20.5 Å². The maximum atomic E-state index is 11.0. The molecule has 0 fully saturated rings. The van der Waals surface area contributed by atoms with E-state index in [1.807, 2.05) is 42.7 Å². The third kappa shape index (κ3) is 1.98. The van der Waals surface area contributed by atoms with Gasteiger partial charge in [-0.1, -0.05) is 18.2 Å². The molecule has 0 radical (unpaired) electrons. The molecule has 1 amide bonds. The molecule has 0 saturated carbocycles. The molecule has 0 saturated heterocycles. The number of carbonyl (C=O) groups excluding carboxylic acids is 1. The van der Waals surface area contributed by atoms with E-state index < -0.39 is 6.09 Å². The van der Waals surface area contributed by atoms with Crippen molar-refractivity contribution in [1.29, 1.82) is 0 Å². The van der Waals surface area contributed by atoms with Crippen molar-refractivity contribution in [2.75, 3.05) is 0 Å². The van der Waals surface area contributed by atoms with Gasteiger partial charge in [-0.25, -0.2) is 9.78 Å². The summed E-state index contributed by atoms with van der Waals surface area (Å²) in [6, 6.07) is 13.5. The SMILES string of the molecule is NC(=O)Oc1cccn2cc(-c3cc4ccccc4[nH]3)nc12. The van der Waals surface area contributed by atoms with Crippen LogP contribution in [0.4, 0.5) is 4.79 Å². The summed E-state index contributed by atoms with van der Waals surface area (Å²) < 4.78 is 6.77. The zero-order valence-electron chi connectivity index (χ0n) is 11.5. The second kappa shape index (κ2) is 4.63. The van der Waals surface area contributed by atoms with Crippen LogP contribution >= 0.6 is 0 Å². The van der Waals surface area contributed by atoms with E-state index in [0.29, 0.717) is 11.4 Å². The van der Waals surface area contributed by atoms with E-state index >= 15 is 0 Å². The summed E-state index contributed by atoms with van der Waals surface area (Å²) in [5.41, 5.74) is 8.32. The van der Waals surface area contributed by atoms with E-state index in [1.165, 1.54) is 0 Å². The van der Waals surface area contributed by atoms with Crippen molar-refractivity contribution in [3.63, 3.8) is 0 Å². The van der Waals surface area contributed by atoms with Gasteiger partial charge in [0.2, 0.25) is 0 Å². The lowest BCUT2D eigenvalue weighted by Gasteiger charge is -2.01. The van der Waals surface area contributed by atoms with Crippen molar-refractivity contribution in [2.24, 2.45) is 5.73 Å². The first kappa shape index (κ1) is 12.5. The molecule has 0 atom stereocenters. The number of H-pyrrole nitrogens is 1. The molecular weight excluding hydrogens is 280 g/mol. The maximum Gasteiger partial charge on any atom is 0.410 e. The lowest BCUT2D eigenvalue weighted by Crippen LogP contribution is -2.16. The first-order chi connectivity index (χ1) is 10.7.